The van der Waals surface area contributed by atoms with Crippen LogP contribution >= 0.6 is 45.2 Å². The molecule has 1 aliphatic carbocycles. The molecule has 0 radical (unpaired) electrons. The van der Waals surface area contributed by atoms with E-state index < -0.39 is 0 Å². The zero-order valence-electron chi connectivity index (χ0n) is 8.11. The minimum Gasteiger partial charge on any atom is -0.258 e. The van der Waals surface area contributed by atoms with E-state index in [-0.39, 0.29) is 1.43 Å². The maximum Gasteiger partial charge on any atom is 0.141 e. The fraction of sp³-hybridized carbons (Fsp3) is 0.0833. The summed E-state index contributed by atoms with van der Waals surface area (Å²) in [5.41, 5.74) is 4.74. The molecule has 0 fully saturated rings. The molecule has 0 bridgehead atoms. The van der Waals surface area contributed by atoms with Crippen molar-refractivity contribution in [3.8, 4) is 0 Å². The van der Waals surface area contributed by atoms with Crippen LogP contribution in [0.15, 0.2) is 47.2 Å². The smallest absolute Gasteiger partial charge is 0.141 e. The Morgan fingerprint density at radius 1 is 1.31 bits per heavy atom. The first kappa shape index (κ1) is 10.7. The van der Waals surface area contributed by atoms with Gasteiger partial charge in [-0.3, -0.25) is 4.98 Å². The predicted octanol–water partition coefficient (Wildman–Crippen LogP) is 3.62. The summed E-state index contributed by atoms with van der Waals surface area (Å²) in [7, 11) is 0. The summed E-state index contributed by atoms with van der Waals surface area (Å²) in [5.74, 6) is 2.92. The van der Waals surface area contributed by atoms with Gasteiger partial charge in [0.25, 0.3) is 0 Å². The van der Waals surface area contributed by atoms with Gasteiger partial charge in [-0.1, -0.05) is 51.2 Å². The van der Waals surface area contributed by atoms with Crippen LogP contribution in [0.1, 0.15) is 11.3 Å². The fourth-order valence-electron chi connectivity index (χ4n) is 1.92. The summed E-state index contributed by atoms with van der Waals surface area (Å²) >= 11 is 4.87. The van der Waals surface area contributed by atoms with Crippen LogP contribution in [-0.4, -0.2) is 10.9 Å². The van der Waals surface area contributed by atoms with E-state index in [0.717, 1.165) is 5.69 Å². The van der Waals surface area contributed by atoms with E-state index in [4.69, 9.17) is 0 Å². The van der Waals surface area contributed by atoms with Gasteiger partial charge < -0.3 is 0 Å². The first-order valence-electron chi connectivity index (χ1n) is 4.75. The minimum atomic E-state index is -0.101. The van der Waals surface area contributed by atoms with E-state index in [1.165, 1.54) is 16.7 Å². The molecule has 2 heterocycles. The highest BCUT2D eigenvalue weighted by Crippen LogP contribution is 2.55. The molecule has 16 heavy (non-hydrogen) atoms. The second kappa shape index (κ2) is 3.78. The number of hydrogen-bond acceptors (Lipinski definition) is 2. The van der Waals surface area contributed by atoms with Gasteiger partial charge in [-0.2, -0.15) is 0 Å². The monoisotopic (exact) mass is 432 g/mol. The molecular formula is C12H6I2N2. The van der Waals surface area contributed by atoms with Crippen molar-refractivity contribution in [2.24, 2.45) is 4.99 Å². The van der Waals surface area contributed by atoms with E-state index in [2.05, 4.69) is 67.1 Å². The molecule has 1 aromatic heterocycles. The van der Waals surface area contributed by atoms with Crippen molar-refractivity contribution in [1.29, 1.82) is 0 Å². The number of nitrogens with zero attached hydrogens (tertiary/aromatic N) is 2. The van der Waals surface area contributed by atoms with E-state index >= 15 is 0 Å². The zero-order valence-corrected chi connectivity index (χ0v) is 12.4. The van der Waals surface area contributed by atoms with Gasteiger partial charge in [0.05, 0.1) is 5.69 Å². The first-order valence-corrected chi connectivity index (χ1v) is 6.90. The van der Waals surface area contributed by atoms with Crippen molar-refractivity contribution >= 4 is 56.6 Å². The van der Waals surface area contributed by atoms with Crippen LogP contribution in [0.25, 0.3) is 5.57 Å². The molecule has 78 valence electrons. The molecule has 2 nitrogen and oxygen atoms in total. The number of fused-ring (bicyclic) bond motifs is 2. The van der Waals surface area contributed by atoms with Crippen molar-refractivity contribution in [3.63, 3.8) is 0 Å². The molecule has 0 saturated heterocycles. The highest BCUT2D eigenvalue weighted by Gasteiger charge is 2.40. The summed E-state index contributed by atoms with van der Waals surface area (Å²) in [6.07, 6.45) is 7.62. The molecule has 0 amide bonds. The van der Waals surface area contributed by atoms with Gasteiger partial charge in [-0.25, -0.2) is 4.99 Å². The summed E-state index contributed by atoms with van der Waals surface area (Å²) in [4.78, 5) is 8.53. The Morgan fingerprint density at radius 3 is 3.06 bits per heavy atom. The third-order valence-electron chi connectivity index (χ3n) is 2.62. The third kappa shape index (κ3) is 1.43. The molecule has 0 saturated carbocycles. The molecule has 1 aliphatic heterocycles. The number of allylic oxidation sites excluding steroid dienone is 4. The number of alkyl halides is 2. The maximum absolute atomic E-state index is 4.50. The van der Waals surface area contributed by atoms with E-state index in [1.807, 2.05) is 24.4 Å². The number of rotatable bonds is 0. The van der Waals surface area contributed by atoms with Gasteiger partial charge in [0.15, 0.2) is 0 Å². The van der Waals surface area contributed by atoms with E-state index in [1.54, 1.807) is 6.20 Å². The molecule has 4 heteroatoms. The zero-order chi connectivity index (χ0) is 11.2. The number of aliphatic imine (C=N–C) groups is 1. The highest BCUT2D eigenvalue weighted by molar-refractivity contribution is 14.2. The van der Waals surface area contributed by atoms with Crippen LogP contribution in [0, 0.1) is 0 Å². The highest BCUT2D eigenvalue weighted by atomic mass is 127. The fourth-order valence-corrected chi connectivity index (χ4v) is 3.72. The largest absolute Gasteiger partial charge is 0.258 e. The number of halogens is 2. The minimum absolute atomic E-state index is 0.101. The Kier molecular flexibility index (Phi) is 2.53. The van der Waals surface area contributed by atoms with Crippen molar-refractivity contribution in [2.75, 3.05) is 0 Å². The quantitative estimate of drug-likeness (QED) is 0.455. The molecule has 2 aliphatic rings. The Labute approximate surface area is 121 Å². The van der Waals surface area contributed by atoms with E-state index in [9.17, 15) is 0 Å². The normalized spacial score (nSPS) is 19.6. The third-order valence-corrected chi connectivity index (χ3v) is 4.81. The van der Waals surface area contributed by atoms with Crippen molar-refractivity contribution in [3.05, 3.63) is 53.5 Å². The van der Waals surface area contributed by atoms with Crippen LogP contribution in [0.4, 0.5) is 0 Å². The molecule has 0 spiro atoms. The standard InChI is InChI=1S/C12H6I2N2/c13-12(14)10-4-7-15-6-3-8(10)9-2-1-5-16-11(9)12/h1-5,7H. The average molecular weight is 432 g/mol. The van der Waals surface area contributed by atoms with Crippen LogP contribution in [0.3, 0.4) is 0 Å². The lowest BCUT2D eigenvalue weighted by molar-refractivity contribution is 1.08. The van der Waals surface area contributed by atoms with Gasteiger partial charge in [0.2, 0.25) is 0 Å². The Bertz CT molecular complexity index is 591. The second-order valence-corrected chi connectivity index (χ2v) is 8.82. The van der Waals surface area contributed by atoms with Gasteiger partial charge in [-0.15, -0.1) is 0 Å². The molecule has 0 aromatic carbocycles. The number of aromatic nitrogens is 1. The topological polar surface area (TPSA) is 25.2 Å². The Morgan fingerprint density at radius 2 is 2.19 bits per heavy atom. The predicted molar refractivity (Wildman–Crippen MR) is 82.0 cm³/mol. The Hall–Kier alpha value is -0.460. The van der Waals surface area contributed by atoms with Crippen LogP contribution in [-0.2, 0) is 1.43 Å². The second-order valence-electron chi connectivity index (χ2n) is 3.52. The number of hydrogen-bond donors (Lipinski definition) is 0. The SMILES string of the molecule is IC1(I)C2=C(C=C=NC=C2)c2cccnc21. The Balaban J connectivity index is 2.36. The van der Waals surface area contributed by atoms with Crippen LogP contribution in [0.5, 0.6) is 0 Å². The lowest BCUT2D eigenvalue weighted by Gasteiger charge is -2.16. The maximum atomic E-state index is 4.50. The van der Waals surface area contributed by atoms with Crippen molar-refractivity contribution in [1.82, 2.24) is 4.98 Å². The van der Waals surface area contributed by atoms with Crippen LogP contribution < -0.4 is 0 Å². The molecule has 0 atom stereocenters. The molecule has 3 rings (SSSR count). The molecule has 0 unspecified atom stereocenters. The van der Waals surface area contributed by atoms with Gasteiger partial charge in [0, 0.05) is 24.0 Å². The summed E-state index contributed by atoms with van der Waals surface area (Å²) in [6.45, 7) is 0. The summed E-state index contributed by atoms with van der Waals surface area (Å²) < 4.78 is -0.101. The first-order chi connectivity index (χ1) is 7.71. The van der Waals surface area contributed by atoms with Gasteiger partial charge in [0.1, 0.15) is 1.43 Å². The average Bonchev–Trinajstić information content (AvgIpc) is 2.50. The molecule has 0 N–H and O–H groups in total. The molecular weight excluding hydrogens is 426 g/mol. The number of pyridine rings is 1. The molecule has 1 aromatic rings. The van der Waals surface area contributed by atoms with Gasteiger partial charge in [-0.05, 0) is 29.2 Å². The van der Waals surface area contributed by atoms with E-state index in [0.29, 0.717) is 0 Å². The van der Waals surface area contributed by atoms with Crippen LogP contribution in [0.2, 0.25) is 0 Å². The lowest BCUT2D eigenvalue weighted by Crippen LogP contribution is -2.08. The summed E-state index contributed by atoms with van der Waals surface area (Å²) in [5, 5.41) is 0. The van der Waals surface area contributed by atoms with Gasteiger partial charge >= 0.3 is 0 Å². The summed E-state index contributed by atoms with van der Waals surface area (Å²) in [6, 6.07) is 4.08. The lowest BCUT2D eigenvalue weighted by atomic mass is 10.1. The van der Waals surface area contributed by atoms with Crippen molar-refractivity contribution in [2.45, 2.75) is 1.43 Å². The van der Waals surface area contributed by atoms with Crippen molar-refractivity contribution < 1.29 is 0 Å².